The average Bonchev–Trinajstić information content (AvgIpc) is 2.23. The first-order chi connectivity index (χ1) is 7.95. The van der Waals surface area contributed by atoms with Crippen LogP contribution in [-0.4, -0.2) is 22.7 Å². The molecule has 5 nitrogen and oxygen atoms in total. The third kappa shape index (κ3) is 3.64. The van der Waals surface area contributed by atoms with Gasteiger partial charge in [-0.15, -0.1) is 0 Å². The Hall–Kier alpha value is -1.21. The fourth-order valence-corrected chi connectivity index (χ4v) is 1.67. The van der Waals surface area contributed by atoms with Crippen molar-refractivity contribution in [2.45, 2.75) is 19.4 Å². The molecule has 0 radical (unpaired) electrons. The van der Waals surface area contributed by atoms with Gasteiger partial charge < -0.3 is 10.4 Å². The molecule has 0 aliphatic carbocycles. The molecule has 1 atom stereocenters. The van der Waals surface area contributed by atoms with Crippen LogP contribution in [0.2, 0.25) is 0 Å². The molecule has 1 unspecified atom stereocenters. The number of benzene rings is 1. The summed E-state index contributed by atoms with van der Waals surface area (Å²) < 4.78 is 13.3. The molecule has 17 heavy (non-hydrogen) atoms. The number of hydrogen-bond acceptors (Lipinski definition) is 4. The second kappa shape index (κ2) is 5.92. The van der Waals surface area contributed by atoms with Gasteiger partial charge in [-0.1, -0.05) is 0 Å². The van der Waals surface area contributed by atoms with Crippen molar-refractivity contribution in [2.75, 3.05) is 11.9 Å². The van der Waals surface area contributed by atoms with Crippen LogP contribution in [0.4, 0.5) is 15.8 Å². The summed E-state index contributed by atoms with van der Waals surface area (Å²) in [5.41, 5.74) is -0.0975. The summed E-state index contributed by atoms with van der Waals surface area (Å²) in [6.07, 6.45) is 0.425. The average molecular weight is 307 g/mol. The Labute approximate surface area is 106 Å². The minimum absolute atomic E-state index is 0.0407. The molecule has 7 heteroatoms. The molecule has 0 bridgehead atoms. The van der Waals surface area contributed by atoms with Crippen molar-refractivity contribution in [3.05, 3.63) is 32.5 Å². The minimum atomic E-state index is -0.585. The topological polar surface area (TPSA) is 75.4 Å². The number of nitrogens with zero attached hydrogens (tertiary/aromatic N) is 1. The summed E-state index contributed by atoms with van der Waals surface area (Å²) >= 11 is 2.90. The minimum Gasteiger partial charge on any atom is -0.396 e. The van der Waals surface area contributed by atoms with Crippen molar-refractivity contribution in [1.29, 1.82) is 0 Å². The predicted octanol–water partition coefficient (Wildman–Crippen LogP) is 2.68. The van der Waals surface area contributed by atoms with E-state index >= 15 is 0 Å². The second-order valence-electron chi connectivity index (χ2n) is 3.60. The maximum absolute atomic E-state index is 13.3. The van der Waals surface area contributed by atoms with Gasteiger partial charge in [0.05, 0.1) is 9.40 Å². The zero-order chi connectivity index (χ0) is 13.0. The molecule has 0 spiro atoms. The SMILES string of the molecule is CC(CCO)Nc1cc(F)c(Br)cc1[N+](=O)[O-]. The van der Waals surface area contributed by atoms with Gasteiger partial charge in [-0.25, -0.2) is 4.39 Å². The molecular weight excluding hydrogens is 295 g/mol. The van der Waals surface area contributed by atoms with Crippen LogP contribution >= 0.6 is 15.9 Å². The summed E-state index contributed by atoms with van der Waals surface area (Å²) in [5, 5.41) is 22.3. The van der Waals surface area contributed by atoms with Gasteiger partial charge in [0.1, 0.15) is 11.5 Å². The lowest BCUT2D eigenvalue weighted by molar-refractivity contribution is -0.384. The third-order valence-electron chi connectivity index (χ3n) is 2.20. The van der Waals surface area contributed by atoms with Crippen molar-refractivity contribution in [1.82, 2.24) is 0 Å². The Balaban J connectivity index is 3.04. The quantitative estimate of drug-likeness (QED) is 0.648. The summed E-state index contributed by atoms with van der Waals surface area (Å²) in [7, 11) is 0. The Kier molecular flexibility index (Phi) is 4.83. The lowest BCUT2D eigenvalue weighted by Crippen LogP contribution is -2.17. The monoisotopic (exact) mass is 306 g/mol. The van der Waals surface area contributed by atoms with E-state index < -0.39 is 10.7 Å². The van der Waals surface area contributed by atoms with Gasteiger partial charge in [-0.05, 0) is 29.3 Å². The maximum Gasteiger partial charge on any atom is 0.293 e. The van der Waals surface area contributed by atoms with E-state index in [1.165, 1.54) is 0 Å². The highest BCUT2D eigenvalue weighted by Gasteiger charge is 2.18. The van der Waals surface area contributed by atoms with Gasteiger partial charge in [0.15, 0.2) is 0 Å². The van der Waals surface area contributed by atoms with E-state index in [9.17, 15) is 14.5 Å². The number of nitrogens with one attached hydrogen (secondary N) is 1. The van der Waals surface area contributed by atoms with Crippen LogP contribution < -0.4 is 5.32 Å². The molecule has 0 aliphatic rings. The van der Waals surface area contributed by atoms with E-state index in [1.807, 2.05) is 0 Å². The first-order valence-corrected chi connectivity index (χ1v) is 5.75. The molecule has 1 aromatic carbocycles. The molecule has 0 amide bonds. The van der Waals surface area contributed by atoms with Crippen LogP contribution in [0.25, 0.3) is 0 Å². The molecule has 0 heterocycles. The van der Waals surface area contributed by atoms with Gasteiger partial charge in [0, 0.05) is 24.8 Å². The Morgan fingerprint density at radius 2 is 2.29 bits per heavy atom. The van der Waals surface area contributed by atoms with Crippen LogP contribution in [-0.2, 0) is 0 Å². The second-order valence-corrected chi connectivity index (χ2v) is 4.45. The molecular formula is C10H12BrFN2O3. The van der Waals surface area contributed by atoms with E-state index in [0.29, 0.717) is 6.42 Å². The number of nitro groups is 1. The van der Waals surface area contributed by atoms with Crippen molar-refractivity contribution in [2.24, 2.45) is 0 Å². The van der Waals surface area contributed by atoms with E-state index in [2.05, 4.69) is 21.2 Å². The molecule has 0 aliphatic heterocycles. The molecule has 0 aromatic heterocycles. The maximum atomic E-state index is 13.3. The van der Waals surface area contributed by atoms with E-state index in [1.54, 1.807) is 6.92 Å². The summed E-state index contributed by atoms with van der Waals surface area (Å²) in [6, 6.07) is 2.00. The van der Waals surface area contributed by atoms with Crippen molar-refractivity contribution in [3.8, 4) is 0 Å². The molecule has 0 saturated heterocycles. The zero-order valence-electron chi connectivity index (χ0n) is 9.11. The van der Waals surface area contributed by atoms with Crippen molar-refractivity contribution >= 4 is 27.3 Å². The third-order valence-corrected chi connectivity index (χ3v) is 2.81. The van der Waals surface area contributed by atoms with Crippen LogP contribution in [0.15, 0.2) is 16.6 Å². The molecule has 94 valence electrons. The Morgan fingerprint density at radius 1 is 1.65 bits per heavy atom. The van der Waals surface area contributed by atoms with E-state index in [-0.39, 0.29) is 28.5 Å². The van der Waals surface area contributed by atoms with Crippen LogP contribution in [0.3, 0.4) is 0 Å². The van der Waals surface area contributed by atoms with Gasteiger partial charge in [0.2, 0.25) is 0 Å². The Morgan fingerprint density at radius 3 is 2.82 bits per heavy atom. The number of halogens is 2. The lowest BCUT2D eigenvalue weighted by Gasteiger charge is -2.14. The molecule has 0 saturated carbocycles. The van der Waals surface area contributed by atoms with Crippen LogP contribution in [0.5, 0.6) is 0 Å². The fourth-order valence-electron chi connectivity index (χ4n) is 1.33. The fraction of sp³-hybridized carbons (Fsp3) is 0.400. The normalized spacial score (nSPS) is 12.2. The highest BCUT2D eigenvalue weighted by Crippen LogP contribution is 2.31. The van der Waals surface area contributed by atoms with Crippen LogP contribution in [0.1, 0.15) is 13.3 Å². The first kappa shape index (κ1) is 13.9. The van der Waals surface area contributed by atoms with Gasteiger partial charge in [-0.2, -0.15) is 0 Å². The molecule has 0 fully saturated rings. The zero-order valence-corrected chi connectivity index (χ0v) is 10.7. The van der Waals surface area contributed by atoms with Crippen molar-refractivity contribution < 1.29 is 14.4 Å². The van der Waals surface area contributed by atoms with Gasteiger partial charge in [-0.3, -0.25) is 10.1 Å². The number of anilines is 1. The number of aliphatic hydroxyl groups excluding tert-OH is 1. The standard InChI is InChI=1S/C10H12BrFN2O3/c1-6(2-3-15)13-9-5-8(12)7(11)4-10(9)14(16)17/h4-6,13,15H,2-3H2,1H3. The van der Waals surface area contributed by atoms with E-state index in [0.717, 1.165) is 12.1 Å². The van der Waals surface area contributed by atoms with E-state index in [4.69, 9.17) is 5.11 Å². The molecule has 2 N–H and O–H groups in total. The predicted molar refractivity (Wildman–Crippen MR) is 65.5 cm³/mol. The lowest BCUT2D eigenvalue weighted by atomic mass is 10.2. The van der Waals surface area contributed by atoms with Crippen LogP contribution in [0, 0.1) is 15.9 Å². The smallest absolute Gasteiger partial charge is 0.293 e. The summed E-state index contributed by atoms with van der Waals surface area (Å²) in [5.74, 6) is -0.575. The number of nitro benzene ring substituents is 1. The largest absolute Gasteiger partial charge is 0.396 e. The highest BCUT2D eigenvalue weighted by molar-refractivity contribution is 9.10. The first-order valence-electron chi connectivity index (χ1n) is 4.96. The number of rotatable bonds is 5. The van der Waals surface area contributed by atoms with Gasteiger partial charge in [0.25, 0.3) is 5.69 Å². The summed E-state index contributed by atoms with van der Waals surface area (Å²) in [6.45, 7) is 1.71. The molecule has 1 rings (SSSR count). The number of aliphatic hydroxyl groups is 1. The van der Waals surface area contributed by atoms with Crippen molar-refractivity contribution in [3.63, 3.8) is 0 Å². The number of hydrogen-bond donors (Lipinski definition) is 2. The Bertz CT molecular complexity index is 428. The van der Waals surface area contributed by atoms with Gasteiger partial charge >= 0.3 is 0 Å². The summed E-state index contributed by atoms with van der Waals surface area (Å²) in [4.78, 5) is 10.2. The molecule has 1 aromatic rings. The highest BCUT2D eigenvalue weighted by atomic mass is 79.9.